The van der Waals surface area contributed by atoms with Gasteiger partial charge < -0.3 is 19.7 Å². The molecule has 7 heteroatoms. The molecule has 0 radical (unpaired) electrons. The van der Waals surface area contributed by atoms with E-state index in [-0.39, 0.29) is 18.0 Å². The predicted molar refractivity (Wildman–Crippen MR) is 112 cm³/mol. The van der Waals surface area contributed by atoms with Crippen LogP contribution >= 0.6 is 11.6 Å². The fraction of sp³-hybridized carbons (Fsp3) is 0.636. The van der Waals surface area contributed by atoms with Crippen molar-refractivity contribution in [1.82, 2.24) is 10.2 Å². The average molecular weight is 423 g/mol. The van der Waals surface area contributed by atoms with E-state index in [4.69, 9.17) is 21.1 Å². The topological polar surface area (TPSA) is 67.9 Å². The van der Waals surface area contributed by atoms with Gasteiger partial charge in [-0.05, 0) is 64.2 Å². The molecule has 0 atom stereocenters. The summed E-state index contributed by atoms with van der Waals surface area (Å²) in [4.78, 5) is 27.4. The maximum absolute atomic E-state index is 13.4. The number of carbonyl (C=O) groups is 2. The van der Waals surface area contributed by atoms with Gasteiger partial charge in [0.1, 0.15) is 5.60 Å². The van der Waals surface area contributed by atoms with Crippen LogP contribution in [0.3, 0.4) is 0 Å². The fourth-order valence-corrected chi connectivity index (χ4v) is 4.20. The minimum atomic E-state index is -0.620. The van der Waals surface area contributed by atoms with Crippen molar-refractivity contribution >= 4 is 23.6 Å². The number of hydrogen-bond donors (Lipinski definition) is 1. The molecule has 29 heavy (non-hydrogen) atoms. The molecule has 3 rings (SSSR count). The molecule has 0 spiro atoms. The Morgan fingerprint density at radius 2 is 1.86 bits per heavy atom. The number of carbonyl (C=O) groups excluding carboxylic acids is 2. The lowest BCUT2D eigenvalue weighted by molar-refractivity contribution is -0.131. The Bertz CT molecular complexity index is 733. The van der Waals surface area contributed by atoms with Gasteiger partial charge in [-0.2, -0.15) is 0 Å². The Morgan fingerprint density at radius 1 is 1.21 bits per heavy atom. The highest BCUT2D eigenvalue weighted by molar-refractivity contribution is 6.30. The lowest BCUT2D eigenvalue weighted by Crippen LogP contribution is -2.54. The zero-order chi connectivity index (χ0) is 21.1. The van der Waals surface area contributed by atoms with Gasteiger partial charge in [0, 0.05) is 37.4 Å². The van der Waals surface area contributed by atoms with Crippen LogP contribution < -0.4 is 5.32 Å². The first kappa shape index (κ1) is 21.9. The van der Waals surface area contributed by atoms with Crippen molar-refractivity contribution in [3.63, 3.8) is 0 Å². The number of benzene rings is 1. The number of rotatable bonds is 3. The highest BCUT2D eigenvalue weighted by atomic mass is 35.5. The van der Waals surface area contributed by atoms with Crippen LogP contribution in [0.4, 0.5) is 4.79 Å². The molecule has 2 saturated heterocycles. The number of likely N-dealkylation sites (tertiary alicyclic amines) is 1. The van der Waals surface area contributed by atoms with E-state index >= 15 is 0 Å². The summed E-state index contributed by atoms with van der Waals surface area (Å²) in [5.74, 6) is 0.0267. The number of piperidine rings is 1. The number of hydrogen-bond acceptors (Lipinski definition) is 4. The van der Waals surface area contributed by atoms with Crippen molar-refractivity contribution in [2.45, 2.75) is 63.5 Å². The van der Waals surface area contributed by atoms with Crippen LogP contribution in [0, 0.1) is 0 Å². The Balaban J connectivity index is 1.63. The molecule has 2 fully saturated rings. The summed E-state index contributed by atoms with van der Waals surface area (Å²) >= 11 is 6.20. The number of amides is 2. The second kappa shape index (κ2) is 8.92. The Kier molecular flexibility index (Phi) is 6.74. The van der Waals surface area contributed by atoms with E-state index in [0.29, 0.717) is 57.0 Å². The maximum Gasteiger partial charge on any atom is 0.410 e. The molecule has 1 N–H and O–H groups in total. The van der Waals surface area contributed by atoms with Gasteiger partial charge in [0.05, 0.1) is 5.41 Å². The minimum Gasteiger partial charge on any atom is -0.444 e. The second-order valence-electron chi connectivity index (χ2n) is 8.92. The smallest absolute Gasteiger partial charge is 0.410 e. The molecule has 0 aliphatic carbocycles. The van der Waals surface area contributed by atoms with Gasteiger partial charge in [-0.25, -0.2) is 4.79 Å². The SMILES string of the molecule is CC(C)(C)OC(=O)N1CCC(NC(=O)C2(c3cccc(Cl)c3)CCOCC2)CC1. The van der Waals surface area contributed by atoms with Gasteiger partial charge in [-0.15, -0.1) is 0 Å². The van der Waals surface area contributed by atoms with Gasteiger partial charge >= 0.3 is 6.09 Å². The molecule has 2 aliphatic rings. The molecule has 0 aromatic heterocycles. The van der Waals surface area contributed by atoms with Crippen LogP contribution in [0.15, 0.2) is 24.3 Å². The van der Waals surface area contributed by atoms with Gasteiger partial charge in [-0.3, -0.25) is 4.79 Å². The third kappa shape index (κ3) is 5.43. The first-order chi connectivity index (χ1) is 13.7. The molecule has 2 heterocycles. The largest absolute Gasteiger partial charge is 0.444 e. The summed E-state index contributed by atoms with van der Waals surface area (Å²) in [6.07, 6.45) is 2.41. The average Bonchev–Trinajstić information content (AvgIpc) is 2.67. The molecule has 2 aliphatic heterocycles. The molecular formula is C22H31ClN2O4. The van der Waals surface area contributed by atoms with Crippen molar-refractivity contribution in [1.29, 1.82) is 0 Å². The molecule has 0 unspecified atom stereocenters. The van der Waals surface area contributed by atoms with Gasteiger partial charge in [0.25, 0.3) is 0 Å². The van der Waals surface area contributed by atoms with E-state index < -0.39 is 11.0 Å². The van der Waals surface area contributed by atoms with Crippen molar-refractivity contribution in [2.24, 2.45) is 0 Å². The summed E-state index contributed by atoms with van der Waals surface area (Å²) in [6, 6.07) is 7.61. The lowest BCUT2D eigenvalue weighted by atomic mass is 9.73. The highest BCUT2D eigenvalue weighted by Crippen LogP contribution is 2.36. The van der Waals surface area contributed by atoms with E-state index in [1.165, 1.54) is 0 Å². The number of halogens is 1. The second-order valence-corrected chi connectivity index (χ2v) is 9.36. The quantitative estimate of drug-likeness (QED) is 0.802. The maximum atomic E-state index is 13.4. The molecule has 160 valence electrons. The first-order valence-corrected chi connectivity index (χ1v) is 10.7. The van der Waals surface area contributed by atoms with Crippen LogP contribution in [0.5, 0.6) is 0 Å². The monoisotopic (exact) mass is 422 g/mol. The van der Waals surface area contributed by atoms with E-state index in [2.05, 4.69) is 5.32 Å². The molecule has 1 aromatic rings. The van der Waals surface area contributed by atoms with Crippen LogP contribution in [0.2, 0.25) is 5.02 Å². The van der Waals surface area contributed by atoms with Gasteiger partial charge in [-0.1, -0.05) is 23.7 Å². The fourth-order valence-electron chi connectivity index (χ4n) is 4.01. The van der Waals surface area contributed by atoms with Crippen molar-refractivity contribution < 1.29 is 19.1 Å². The summed E-state index contributed by atoms with van der Waals surface area (Å²) in [6.45, 7) is 7.84. The molecular weight excluding hydrogens is 392 g/mol. The number of nitrogens with one attached hydrogen (secondary N) is 1. The van der Waals surface area contributed by atoms with Crippen molar-refractivity contribution in [3.8, 4) is 0 Å². The van der Waals surface area contributed by atoms with E-state index in [1.807, 2.05) is 45.0 Å². The van der Waals surface area contributed by atoms with Crippen LogP contribution in [0.25, 0.3) is 0 Å². The summed E-state index contributed by atoms with van der Waals surface area (Å²) in [5, 5.41) is 3.87. The Labute approximate surface area is 177 Å². The predicted octanol–water partition coefficient (Wildman–Crippen LogP) is 3.90. The van der Waals surface area contributed by atoms with Crippen LogP contribution in [-0.4, -0.2) is 54.8 Å². The number of nitrogens with zero attached hydrogens (tertiary/aromatic N) is 1. The summed E-state index contributed by atoms with van der Waals surface area (Å²) in [7, 11) is 0. The zero-order valence-corrected chi connectivity index (χ0v) is 18.3. The summed E-state index contributed by atoms with van der Waals surface area (Å²) < 4.78 is 11.0. The van der Waals surface area contributed by atoms with E-state index in [0.717, 1.165) is 5.56 Å². The van der Waals surface area contributed by atoms with E-state index in [1.54, 1.807) is 4.90 Å². The molecule has 0 bridgehead atoms. The van der Waals surface area contributed by atoms with Crippen molar-refractivity contribution in [3.05, 3.63) is 34.9 Å². The lowest BCUT2D eigenvalue weighted by Gasteiger charge is -2.39. The zero-order valence-electron chi connectivity index (χ0n) is 17.5. The Morgan fingerprint density at radius 3 is 2.45 bits per heavy atom. The Hall–Kier alpha value is -1.79. The third-order valence-electron chi connectivity index (χ3n) is 5.64. The molecule has 1 aromatic carbocycles. The standard InChI is InChI=1S/C22H31ClN2O4/c1-21(2,3)29-20(27)25-11-7-18(8-12-25)24-19(26)22(9-13-28-14-10-22)16-5-4-6-17(23)15-16/h4-6,15,18H,7-14H2,1-3H3,(H,24,26). The normalized spacial score (nSPS) is 20.2. The molecule has 6 nitrogen and oxygen atoms in total. The third-order valence-corrected chi connectivity index (χ3v) is 5.88. The van der Waals surface area contributed by atoms with Crippen molar-refractivity contribution in [2.75, 3.05) is 26.3 Å². The van der Waals surface area contributed by atoms with Crippen LogP contribution in [0.1, 0.15) is 52.0 Å². The van der Waals surface area contributed by atoms with Gasteiger partial charge in [0.15, 0.2) is 0 Å². The molecule has 2 amide bonds. The van der Waals surface area contributed by atoms with Crippen LogP contribution in [-0.2, 0) is 19.7 Å². The summed E-state index contributed by atoms with van der Waals surface area (Å²) in [5.41, 5.74) is -0.183. The molecule has 0 saturated carbocycles. The highest BCUT2D eigenvalue weighted by Gasteiger charge is 2.42. The van der Waals surface area contributed by atoms with E-state index in [9.17, 15) is 9.59 Å². The first-order valence-electron chi connectivity index (χ1n) is 10.3. The number of ether oxygens (including phenoxy) is 2. The minimum absolute atomic E-state index is 0.0267. The van der Waals surface area contributed by atoms with Gasteiger partial charge in [0.2, 0.25) is 5.91 Å².